The summed E-state index contributed by atoms with van der Waals surface area (Å²) in [6, 6.07) is 12.0. The first kappa shape index (κ1) is 24.6. The molecule has 0 unspecified atom stereocenters. The molecule has 0 spiro atoms. The molecule has 0 aliphatic rings. The zero-order chi connectivity index (χ0) is 22.3. The van der Waals surface area contributed by atoms with Gasteiger partial charge in [-0.25, -0.2) is 0 Å². The molecular weight excluding hydrogens is 391 g/mol. The predicted molar refractivity (Wildman–Crippen MR) is 129 cm³/mol. The summed E-state index contributed by atoms with van der Waals surface area (Å²) in [7, 11) is 0. The summed E-state index contributed by atoms with van der Waals surface area (Å²) in [5, 5.41) is 14.1. The van der Waals surface area contributed by atoms with Crippen LogP contribution in [0.25, 0.3) is 12.2 Å². The van der Waals surface area contributed by atoms with Crippen LogP contribution in [0, 0.1) is 15.9 Å². The van der Waals surface area contributed by atoms with E-state index >= 15 is 0 Å². The molecule has 0 saturated carbocycles. The number of unbranched alkanes of at least 4 members (excludes halogenated alkanes) is 9. The van der Waals surface area contributed by atoms with Gasteiger partial charge in [-0.15, -0.1) is 0 Å². The van der Waals surface area contributed by atoms with Gasteiger partial charge in [-0.2, -0.15) is 4.39 Å². The quantitative estimate of drug-likeness (QED) is 0.135. The van der Waals surface area contributed by atoms with Gasteiger partial charge in [0.05, 0.1) is 4.92 Å². The molecule has 0 aliphatic heterocycles. The summed E-state index contributed by atoms with van der Waals surface area (Å²) >= 11 is 0. The molecule has 4 nitrogen and oxygen atoms in total. The topological polar surface area (TPSA) is 55.2 Å². The van der Waals surface area contributed by atoms with Crippen LogP contribution in [-0.2, 0) is 0 Å². The molecule has 2 aromatic carbocycles. The lowest BCUT2D eigenvalue weighted by molar-refractivity contribution is -0.387. The maximum atomic E-state index is 13.7. The van der Waals surface area contributed by atoms with Crippen molar-refractivity contribution in [3.8, 4) is 0 Å². The minimum absolute atomic E-state index is 0.505. The zero-order valence-electron chi connectivity index (χ0n) is 18.6. The van der Waals surface area contributed by atoms with Gasteiger partial charge in [-0.1, -0.05) is 89.0 Å². The summed E-state index contributed by atoms with van der Waals surface area (Å²) in [6.07, 6.45) is 17.0. The van der Waals surface area contributed by atoms with Crippen molar-refractivity contribution in [2.75, 3.05) is 11.9 Å². The van der Waals surface area contributed by atoms with E-state index in [0.29, 0.717) is 5.56 Å². The number of halogens is 1. The van der Waals surface area contributed by atoms with Gasteiger partial charge in [0.25, 0.3) is 0 Å². The molecule has 0 radical (unpaired) electrons. The van der Waals surface area contributed by atoms with Gasteiger partial charge in [0.2, 0.25) is 5.82 Å². The van der Waals surface area contributed by atoms with Crippen LogP contribution in [0.5, 0.6) is 0 Å². The predicted octanol–water partition coefficient (Wildman–Crippen LogP) is 8.24. The fraction of sp³-hybridized carbons (Fsp3) is 0.462. The van der Waals surface area contributed by atoms with E-state index in [9.17, 15) is 14.5 Å². The second-order valence-corrected chi connectivity index (χ2v) is 8.03. The van der Waals surface area contributed by atoms with Gasteiger partial charge in [-0.05, 0) is 41.8 Å². The zero-order valence-corrected chi connectivity index (χ0v) is 18.6. The highest BCUT2D eigenvalue weighted by atomic mass is 19.1. The lowest BCUT2D eigenvalue weighted by Crippen LogP contribution is -2.01. The summed E-state index contributed by atoms with van der Waals surface area (Å²) < 4.78 is 13.7. The lowest BCUT2D eigenvalue weighted by atomic mass is 10.1. The van der Waals surface area contributed by atoms with E-state index < -0.39 is 16.4 Å². The van der Waals surface area contributed by atoms with E-state index in [4.69, 9.17) is 0 Å². The highest BCUT2D eigenvalue weighted by Crippen LogP contribution is 2.20. The number of hydrogen-bond donors (Lipinski definition) is 1. The minimum atomic E-state index is -0.821. The number of benzene rings is 2. The maximum Gasteiger partial charge on any atom is 0.304 e. The number of rotatable bonds is 15. The van der Waals surface area contributed by atoms with Crippen LogP contribution in [0.15, 0.2) is 42.5 Å². The highest BCUT2D eigenvalue weighted by Gasteiger charge is 2.12. The van der Waals surface area contributed by atoms with Gasteiger partial charge < -0.3 is 5.32 Å². The van der Waals surface area contributed by atoms with Crippen molar-refractivity contribution in [1.82, 2.24) is 0 Å². The molecule has 0 atom stereocenters. The standard InChI is InChI=1S/C26H35FN2O2/c1-2-3-4-5-6-7-8-9-10-11-20-28-24-17-14-22(15-18-24)12-13-23-16-19-26(29(30)31)25(27)21-23/h12-19,21,28H,2-11,20H2,1H3. The minimum Gasteiger partial charge on any atom is -0.385 e. The van der Waals surface area contributed by atoms with Crippen molar-refractivity contribution in [1.29, 1.82) is 0 Å². The second kappa shape index (κ2) is 14.3. The number of anilines is 1. The van der Waals surface area contributed by atoms with Gasteiger partial charge in [0, 0.05) is 18.3 Å². The van der Waals surface area contributed by atoms with Crippen LogP contribution in [-0.4, -0.2) is 11.5 Å². The first-order chi connectivity index (χ1) is 15.1. The fourth-order valence-corrected chi connectivity index (χ4v) is 3.52. The Kier molecular flexibility index (Phi) is 11.4. The van der Waals surface area contributed by atoms with E-state index in [1.807, 2.05) is 30.3 Å². The maximum absolute atomic E-state index is 13.7. The number of hydrogen-bond acceptors (Lipinski definition) is 3. The number of nitrogens with one attached hydrogen (secondary N) is 1. The molecule has 0 amide bonds. The Bertz CT molecular complexity index is 819. The molecule has 5 heteroatoms. The Morgan fingerprint density at radius 3 is 1.97 bits per heavy atom. The Labute approximate surface area is 185 Å². The Balaban J connectivity index is 1.63. The van der Waals surface area contributed by atoms with E-state index in [0.717, 1.165) is 17.8 Å². The summed E-state index contributed by atoms with van der Waals surface area (Å²) in [5.41, 5.74) is 2.17. The number of nitrogens with zero attached hydrogens (tertiary/aromatic N) is 1. The molecule has 1 N–H and O–H groups in total. The van der Waals surface area contributed by atoms with E-state index in [2.05, 4.69) is 12.2 Å². The summed E-state index contributed by atoms with van der Waals surface area (Å²) in [4.78, 5) is 9.96. The third-order valence-corrected chi connectivity index (χ3v) is 5.41. The molecule has 0 aliphatic carbocycles. The van der Waals surface area contributed by atoms with Crippen molar-refractivity contribution in [2.45, 2.75) is 71.1 Å². The van der Waals surface area contributed by atoms with Crippen molar-refractivity contribution in [3.05, 3.63) is 69.5 Å². The normalized spacial score (nSPS) is 11.2. The number of nitro benzene ring substituents is 1. The lowest BCUT2D eigenvalue weighted by Gasteiger charge is -2.07. The van der Waals surface area contributed by atoms with Gasteiger partial charge in [0.15, 0.2) is 0 Å². The van der Waals surface area contributed by atoms with Crippen LogP contribution in [0.3, 0.4) is 0 Å². The van der Waals surface area contributed by atoms with Crippen molar-refractivity contribution >= 4 is 23.5 Å². The van der Waals surface area contributed by atoms with Crippen LogP contribution in [0.1, 0.15) is 82.3 Å². The first-order valence-corrected chi connectivity index (χ1v) is 11.6. The Morgan fingerprint density at radius 1 is 0.839 bits per heavy atom. The van der Waals surface area contributed by atoms with E-state index in [1.54, 1.807) is 12.1 Å². The van der Waals surface area contributed by atoms with Crippen LogP contribution >= 0.6 is 0 Å². The largest absolute Gasteiger partial charge is 0.385 e. The summed E-state index contributed by atoms with van der Waals surface area (Å²) in [6.45, 7) is 3.24. The molecular formula is C26H35FN2O2. The van der Waals surface area contributed by atoms with E-state index in [1.165, 1.54) is 76.3 Å². The monoisotopic (exact) mass is 426 g/mol. The van der Waals surface area contributed by atoms with Gasteiger partial charge in [0.1, 0.15) is 0 Å². The molecule has 31 heavy (non-hydrogen) atoms. The SMILES string of the molecule is CCCCCCCCCCCCNc1ccc(C=Cc2ccc([N+](=O)[O-])c(F)c2)cc1. The molecule has 2 aromatic rings. The smallest absolute Gasteiger partial charge is 0.304 e. The van der Waals surface area contributed by atoms with Crippen molar-refractivity contribution in [2.24, 2.45) is 0 Å². The van der Waals surface area contributed by atoms with Gasteiger partial charge in [-0.3, -0.25) is 10.1 Å². The first-order valence-electron chi connectivity index (χ1n) is 11.6. The average Bonchev–Trinajstić information content (AvgIpc) is 2.76. The molecule has 0 saturated heterocycles. The van der Waals surface area contributed by atoms with Crippen molar-refractivity contribution in [3.63, 3.8) is 0 Å². The highest BCUT2D eigenvalue weighted by molar-refractivity contribution is 5.71. The molecule has 168 valence electrons. The molecule has 0 fully saturated rings. The third kappa shape index (κ3) is 9.77. The molecule has 0 aromatic heterocycles. The van der Waals surface area contributed by atoms with Crippen LogP contribution in [0.2, 0.25) is 0 Å². The second-order valence-electron chi connectivity index (χ2n) is 8.03. The molecule has 2 rings (SSSR count). The van der Waals surface area contributed by atoms with Gasteiger partial charge >= 0.3 is 5.69 Å². The summed E-state index contributed by atoms with van der Waals surface area (Å²) in [5.74, 6) is -0.821. The van der Waals surface area contributed by atoms with Crippen LogP contribution in [0.4, 0.5) is 15.8 Å². The van der Waals surface area contributed by atoms with Crippen LogP contribution < -0.4 is 5.32 Å². The Hall–Kier alpha value is -2.69. The number of nitro groups is 1. The third-order valence-electron chi connectivity index (χ3n) is 5.41. The van der Waals surface area contributed by atoms with E-state index in [-0.39, 0.29) is 0 Å². The average molecular weight is 427 g/mol. The fourth-order valence-electron chi connectivity index (χ4n) is 3.52. The van der Waals surface area contributed by atoms with Crippen molar-refractivity contribution < 1.29 is 9.31 Å². The Morgan fingerprint density at radius 2 is 1.39 bits per heavy atom. The molecule has 0 heterocycles. The molecule has 0 bridgehead atoms.